The number of hydrazone groups is 1. The van der Waals surface area contributed by atoms with Gasteiger partial charge in [0.25, 0.3) is 5.91 Å². The van der Waals surface area contributed by atoms with E-state index in [2.05, 4.69) is 29.6 Å². The molecular weight excluding hydrogens is 324 g/mol. The monoisotopic (exact) mass is 344 g/mol. The number of ether oxygens (including phenoxy) is 1. The smallest absolute Gasteiger partial charge is 0.277 e. The zero-order chi connectivity index (χ0) is 17.4. The number of rotatable bonds is 7. The Morgan fingerprint density at radius 1 is 1.12 bits per heavy atom. The SMILES string of the molecule is CCCc1ccc(/C(C)=N/NC(=O)COc2ccc(Cl)cc2)cc1. The first-order chi connectivity index (χ1) is 11.6. The molecule has 0 heterocycles. The zero-order valence-corrected chi connectivity index (χ0v) is 14.6. The minimum absolute atomic E-state index is 0.103. The predicted molar refractivity (Wildman–Crippen MR) is 97.7 cm³/mol. The van der Waals surface area contributed by atoms with E-state index in [9.17, 15) is 4.79 Å². The lowest BCUT2D eigenvalue weighted by Crippen LogP contribution is -2.25. The van der Waals surface area contributed by atoms with Crippen LogP contribution in [0.1, 0.15) is 31.4 Å². The van der Waals surface area contributed by atoms with Crippen LogP contribution >= 0.6 is 11.6 Å². The molecule has 0 spiro atoms. The molecule has 0 aromatic heterocycles. The fourth-order valence-electron chi connectivity index (χ4n) is 2.12. The van der Waals surface area contributed by atoms with Gasteiger partial charge in [0.2, 0.25) is 0 Å². The van der Waals surface area contributed by atoms with Crippen molar-refractivity contribution in [2.24, 2.45) is 5.10 Å². The third kappa shape index (κ3) is 5.70. The molecule has 1 N–H and O–H groups in total. The second kappa shape index (κ2) is 9.08. The number of nitrogens with one attached hydrogen (secondary N) is 1. The van der Waals surface area contributed by atoms with Crippen molar-refractivity contribution in [2.75, 3.05) is 6.61 Å². The summed E-state index contributed by atoms with van der Waals surface area (Å²) in [5.41, 5.74) is 5.53. The highest BCUT2D eigenvalue weighted by Crippen LogP contribution is 2.15. The topological polar surface area (TPSA) is 50.7 Å². The summed E-state index contributed by atoms with van der Waals surface area (Å²) in [5, 5.41) is 4.73. The van der Waals surface area contributed by atoms with Gasteiger partial charge in [0, 0.05) is 5.02 Å². The first-order valence-electron chi connectivity index (χ1n) is 7.89. The van der Waals surface area contributed by atoms with Gasteiger partial charge in [0.1, 0.15) is 5.75 Å². The minimum Gasteiger partial charge on any atom is -0.484 e. The van der Waals surface area contributed by atoms with Crippen LogP contribution < -0.4 is 10.2 Å². The maximum Gasteiger partial charge on any atom is 0.277 e. The van der Waals surface area contributed by atoms with Crippen LogP contribution in [0.15, 0.2) is 53.6 Å². The molecule has 0 unspecified atom stereocenters. The molecule has 0 radical (unpaired) electrons. The van der Waals surface area contributed by atoms with E-state index >= 15 is 0 Å². The summed E-state index contributed by atoms with van der Waals surface area (Å²) in [5.74, 6) is 0.272. The van der Waals surface area contributed by atoms with Gasteiger partial charge in [-0.3, -0.25) is 4.79 Å². The van der Waals surface area contributed by atoms with Crippen molar-refractivity contribution in [3.8, 4) is 5.75 Å². The quantitative estimate of drug-likeness (QED) is 0.604. The summed E-state index contributed by atoms with van der Waals surface area (Å²) in [7, 11) is 0. The van der Waals surface area contributed by atoms with E-state index in [1.807, 2.05) is 19.1 Å². The number of benzene rings is 2. The van der Waals surface area contributed by atoms with Gasteiger partial charge in [-0.15, -0.1) is 0 Å². The summed E-state index contributed by atoms with van der Waals surface area (Å²) in [6, 6.07) is 15.0. The Balaban J connectivity index is 1.84. The van der Waals surface area contributed by atoms with Gasteiger partial charge in [-0.2, -0.15) is 5.10 Å². The van der Waals surface area contributed by atoms with Crippen molar-refractivity contribution < 1.29 is 9.53 Å². The largest absolute Gasteiger partial charge is 0.484 e. The first-order valence-corrected chi connectivity index (χ1v) is 8.27. The van der Waals surface area contributed by atoms with Crippen LogP contribution in [0.4, 0.5) is 0 Å². The third-order valence-electron chi connectivity index (χ3n) is 3.44. The molecule has 0 fully saturated rings. The van der Waals surface area contributed by atoms with Gasteiger partial charge in [-0.05, 0) is 48.7 Å². The highest BCUT2D eigenvalue weighted by molar-refractivity contribution is 6.30. The molecule has 0 aliphatic rings. The van der Waals surface area contributed by atoms with Gasteiger partial charge in [0.15, 0.2) is 6.61 Å². The summed E-state index contributed by atoms with van der Waals surface area (Å²) >= 11 is 5.79. The molecule has 126 valence electrons. The average Bonchev–Trinajstić information content (AvgIpc) is 2.60. The van der Waals surface area contributed by atoms with Gasteiger partial charge >= 0.3 is 0 Å². The number of hydrogen-bond donors (Lipinski definition) is 1. The van der Waals surface area contributed by atoms with Crippen molar-refractivity contribution >= 4 is 23.2 Å². The van der Waals surface area contributed by atoms with Crippen LogP contribution in [-0.4, -0.2) is 18.2 Å². The number of hydrogen-bond acceptors (Lipinski definition) is 3. The van der Waals surface area contributed by atoms with E-state index in [0.717, 1.165) is 24.1 Å². The molecule has 24 heavy (non-hydrogen) atoms. The number of carbonyl (C=O) groups excluding carboxylic acids is 1. The molecule has 2 aromatic carbocycles. The Morgan fingerprint density at radius 3 is 2.42 bits per heavy atom. The molecule has 0 saturated heterocycles. The molecule has 0 aliphatic heterocycles. The standard InChI is InChI=1S/C19H21ClN2O2/c1-3-4-15-5-7-16(8-6-15)14(2)21-22-19(23)13-24-18-11-9-17(20)10-12-18/h5-12H,3-4,13H2,1-2H3,(H,22,23)/b21-14+. The lowest BCUT2D eigenvalue weighted by Gasteiger charge is -2.06. The number of aryl methyl sites for hydroxylation is 1. The summed E-state index contributed by atoms with van der Waals surface area (Å²) in [6.07, 6.45) is 2.19. The predicted octanol–water partition coefficient (Wildman–Crippen LogP) is 4.21. The van der Waals surface area contributed by atoms with Crippen LogP contribution in [0.2, 0.25) is 5.02 Å². The van der Waals surface area contributed by atoms with Gasteiger partial charge in [-0.25, -0.2) is 5.43 Å². The van der Waals surface area contributed by atoms with Gasteiger partial charge in [-0.1, -0.05) is 49.2 Å². The van der Waals surface area contributed by atoms with Gasteiger partial charge in [0.05, 0.1) is 5.71 Å². The fourth-order valence-corrected chi connectivity index (χ4v) is 2.25. The molecule has 0 atom stereocenters. The summed E-state index contributed by atoms with van der Waals surface area (Å²) < 4.78 is 5.36. The lowest BCUT2D eigenvalue weighted by atomic mass is 10.1. The Kier molecular flexibility index (Phi) is 6.82. The maximum absolute atomic E-state index is 11.8. The van der Waals surface area contributed by atoms with Crippen LogP contribution in [0.5, 0.6) is 5.75 Å². The van der Waals surface area contributed by atoms with Crippen molar-refractivity contribution in [1.29, 1.82) is 0 Å². The van der Waals surface area contributed by atoms with Crippen LogP contribution in [0.3, 0.4) is 0 Å². The van der Waals surface area contributed by atoms with E-state index in [-0.39, 0.29) is 12.5 Å². The van der Waals surface area contributed by atoms with Crippen molar-refractivity contribution in [3.63, 3.8) is 0 Å². The Bertz CT molecular complexity index is 694. The van der Waals surface area contributed by atoms with Crippen LogP contribution in [0, 0.1) is 0 Å². The van der Waals surface area contributed by atoms with E-state index in [1.54, 1.807) is 24.3 Å². The molecule has 0 bridgehead atoms. The lowest BCUT2D eigenvalue weighted by molar-refractivity contribution is -0.123. The molecule has 2 rings (SSSR count). The van der Waals surface area contributed by atoms with Crippen molar-refractivity contribution in [2.45, 2.75) is 26.7 Å². The second-order valence-corrected chi connectivity index (χ2v) is 5.86. The molecule has 1 amide bonds. The molecule has 4 nitrogen and oxygen atoms in total. The molecule has 5 heteroatoms. The van der Waals surface area contributed by atoms with Crippen LogP contribution in [0.25, 0.3) is 0 Å². The van der Waals surface area contributed by atoms with E-state index in [0.29, 0.717) is 10.8 Å². The Hall–Kier alpha value is -2.33. The number of halogens is 1. The van der Waals surface area contributed by atoms with E-state index < -0.39 is 0 Å². The van der Waals surface area contributed by atoms with Crippen molar-refractivity contribution in [3.05, 3.63) is 64.7 Å². The minimum atomic E-state index is -0.313. The number of amides is 1. The molecule has 0 aliphatic carbocycles. The number of carbonyl (C=O) groups is 1. The highest BCUT2D eigenvalue weighted by atomic mass is 35.5. The zero-order valence-electron chi connectivity index (χ0n) is 13.9. The number of nitrogens with zero attached hydrogens (tertiary/aromatic N) is 1. The Morgan fingerprint density at radius 2 is 1.79 bits per heavy atom. The van der Waals surface area contributed by atoms with E-state index in [1.165, 1.54) is 5.56 Å². The van der Waals surface area contributed by atoms with E-state index in [4.69, 9.17) is 16.3 Å². The third-order valence-corrected chi connectivity index (χ3v) is 3.69. The molecular formula is C19H21ClN2O2. The maximum atomic E-state index is 11.8. The van der Waals surface area contributed by atoms with Gasteiger partial charge < -0.3 is 4.74 Å². The summed E-state index contributed by atoms with van der Waals surface area (Å²) in [4.78, 5) is 11.8. The van der Waals surface area contributed by atoms with Crippen LogP contribution in [-0.2, 0) is 11.2 Å². The normalized spacial score (nSPS) is 11.2. The summed E-state index contributed by atoms with van der Waals surface area (Å²) in [6.45, 7) is 3.91. The Labute approximate surface area is 147 Å². The van der Waals surface area contributed by atoms with Crippen molar-refractivity contribution in [1.82, 2.24) is 5.43 Å². The molecule has 0 saturated carbocycles. The fraction of sp³-hybridized carbons (Fsp3) is 0.263. The molecule has 2 aromatic rings. The second-order valence-electron chi connectivity index (χ2n) is 5.42. The first kappa shape index (κ1) is 18.0. The average molecular weight is 345 g/mol. The highest BCUT2D eigenvalue weighted by Gasteiger charge is 2.03.